The molecule has 8 heteroatoms. The SMILES string of the molecule is O=S1(=O)CCN(c2ncnc(Cl)c2CO)CC1. The van der Waals surface area contributed by atoms with E-state index >= 15 is 0 Å². The molecule has 0 amide bonds. The van der Waals surface area contributed by atoms with Gasteiger partial charge in [0.1, 0.15) is 17.3 Å². The van der Waals surface area contributed by atoms with Gasteiger partial charge < -0.3 is 10.0 Å². The number of aromatic nitrogens is 2. The second-order valence-electron chi connectivity index (χ2n) is 3.76. The molecule has 0 atom stereocenters. The second-order valence-corrected chi connectivity index (χ2v) is 6.43. The standard InChI is InChI=1S/C9H12ClN3O3S/c10-8-7(5-14)9(12-6-11-8)13-1-3-17(15,16)4-2-13/h6,14H,1-5H2. The molecule has 94 valence electrons. The molecular formula is C9H12ClN3O3S. The molecule has 0 bridgehead atoms. The van der Waals surface area contributed by atoms with Crippen LogP contribution in [0.5, 0.6) is 0 Å². The number of anilines is 1. The number of hydrogen-bond acceptors (Lipinski definition) is 6. The van der Waals surface area contributed by atoms with Gasteiger partial charge >= 0.3 is 0 Å². The van der Waals surface area contributed by atoms with Gasteiger partial charge in [0.2, 0.25) is 0 Å². The Morgan fingerprint density at radius 2 is 2.00 bits per heavy atom. The van der Waals surface area contributed by atoms with Crippen LogP contribution in [0.4, 0.5) is 5.82 Å². The Hall–Kier alpha value is -0.920. The third-order valence-electron chi connectivity index (χ3n) is 2.67. The summed E-state index contributed by atoms with van der Waals surface area (Å²) in [6, 6.07) is 0. The molecule has 2 rings (SSSR count). The highest BCUT2D eigenvalue weighted by atomic mass is 35.5. The first kappa shape index (κ1) is 12.5. The van der Waals surface area contributed by atoms with Crippen molar-refractivity contribution >= 4 is 27.3 Å². The molecule has 0 unspecified atom stereocenters. The largest absolute Gasteiger partial charge is 0.391 e. The zero-order valence-corrected chi connectivity index (χ0v) is 10.6. The molecule has 1 N–H and O–H groups in total. The van der Waals surface area contributed by atoms with Crippen LogP contribution in [0.1, 0.15) is 5.56 Å². The van der Waals surface area contributed by atoms with Crippen molar-refractivity contribution in [3.8, 4) is 0 Å². The van der Waals surface area contributed by atoms with E-state index in [1.165, 1.54) is 6.33 Å². The Kier molecular flexibility index (Phi) is 3.50. The van der Waals surface area contributed by atoms with Crippen LogP contribution in [0, 0.1) is 0 Å². The molecule has 1 fully saturated rings. The number of rotatable bonds is 2. The Labute approximate surface area is 104 Å². The lowest BCUT2D eigenvalue weighted by Gasteiger charge is -2.29. The summed E-state index contributed by atoms with van der Waals surface area (Å²) < 4.78 is 22.6. The minimum atomic E-state index is -2.93. The first-order valence-electron chi connectivity index (χ1n) is 5.09. The van der Waals surface area contributed by atoms with Crippen molar-refractivity contribution in [1.29, 1.82) is 0 Å². The van der Waals surface area contributed by atoms with Crippen LogP contribution in [0.2, 0.25) is 5.15 Å². The van der Waals surface area contributed by atoms with Gasteiger partial charge in [-0.25, -0.2) is 18.4 Å². The molecule has 0 spiro atoms. The van der Waals surface area contributed by atoms with E-state index in [9.17, 15) is 13.5 Å². The molecule has 0 saturated carbocycles. The molecule has 1 aliphatic rings. The summed E-state index contributed by atoms with van der Waals surface area (Å²) in [5, 5.41) is 9.42. The summed E-state index contributed by atoms with van der Waals surface area (Å²) in [5.41, 5.74) is 0.438. The number of aliphatic hydroxyl groups excluding tert-OH is 1. The quantitative estimate of drug-likeness (QED) is 0.758. The Morgan fingerprint density at radius 3 is 2.59 bits per heavy atom. The Morgan fingerprint density at radius 1 is 1.35 bits per heavy atom. The number of hydrogen-bond donors (Lipinski definition) is 1. The van der Waals surface area contributed by atoms with Gasteiger partial charge in [-0.3, -0.25) is 0 Å². The maximum Gasteiger partial charge on any atom is 0.153 e. The molecule has 0 radical (unpaired) electrons. The predicted molar refractivity (Wildman–Crippen MR) is 63.8 cm³/mol. The topological polar surface area (TPSA) is 83.4 Å². The van der Waals surface area contributed by atoms with E-state index in [0.29, 0.717) is 24.5 Å². The molecule has 1 saturated heterocycles. The van der Waals surface area contributed by atoms with E-state index in [0.717, 1.165) is 0 Å². The number of aliphatic hydroxyl groups is 1. The summed E-state index contributed by atoms with van der Waals surface area (Å²) in [4.78, 5) is 9.65. The average Bonchev–Trinajstić information content (AvgIpc) is 2.29. The van der Waals surface area contributed by atoms with E-state index in [-0.39, 0.29) is 23.3 Å². The van der Waals surface area contributed by atoms with Gasteiger partial charge in [0.05, 0.1) is 23.7 Å². The van der Waals surface area contributed by atoms with Crippen molar-refractivity contribution < 1.29 is 13.5 Å². The fourth-order valence-corrected chi connectivity index (χ4v) is 3.10. The van der Waals surface area contributed by atoms with Crippen LogP contribution < -0.4 is 4.90 Å². The van der Waals surface area contributed by atoms with Crippen LogP contribution >= 0.6 is 11.6 Å². The second kappa shape index (κ2) is 4.75. The minimum absolute atomic E-state index is 0.0967. The minimum Gasteiger partial charge on any atom is -0.391 e. The lowest BCUT2D eigenvalue weighted by atomic mass is 10.3. The van der Waals surface area contributed by atoms with Crippen molar-refractivity contribution in [3.63, 3.8) is 0 Å². The van der Waals surface area contributed by atoms with Crippen molar-refractivity contribution in [2.75, 3.05) is 29.5 Å². The molecule has 0 aromatic carbocycles. The molecular weight excluding hydrogens is 266 g/mol. The summed E-state index contributed by atoms with van der Waals surface area (Å²) >= 11 is 5.85. The molecule has 6 nitrogen and oxygen atoms in total. The monoisotopic (exact) mass is 277 g/mol. The van der Waals surface area contributed by atoms with Crippen molar-refractivity contribution in [2.24, 2.45) is 0 Å². The highest BCUT2D eigenvalue weighted by Gasteiger charge is 2.24. The summed E-state index contributed by atoms with van der Waals surface area (Å²) in [5.74, 6) is 0.710. The van der Waals surface area contributed by atoms with Gasteiger partial charge in [-0.2, -0.15) is 0 Å². The molecule has 1 aromatic heterocycles. The lowest BCUT2D eigenvalue weighted by molar-refractivity contribution is 0.281. The first-order valence-corrected chi connectivity index (χ1v) is 7.29. The van der Waals surface area contributed by atoms with Gasteiger partial charge in [-0.05, 0) is 0 Å². The average molecular weight is 278 g/mol. The Balaban J connectivity index is 2.27. The summed E-state index contributed by atoms with van der Waals surface area (Å²) in [6.45, 7) is 0.462. The van der Waals surface area contributed by atoms with Gasteiger partial charge in [-0.15, -0.1) is 0 Å². The number of nitrogens with zero attached hydrogens (tertiary/aromatic N) is 3. The van der Waals surface area contributed by atoms with Crippen molar-refractivity contribution in [2.45, 2.75) is 6.61 Å². The summed E-state index contributed by atoms with van der Waals surface area (Å²) in [6.07, 6.45) is 1.31. The maximum atomic E-state index is 11.3. The van der Waals surface area contributed by atoms with Crippen LogP contribution in [-0.4, -0.2) is 48.1 Å². The lowest BCUT2D eigenvalue weighted by Crippen LogP contribution is -2.41. The number of halogens is 1. The van der Waals surface area contributed by atoms with E-state index in [1.54, 1.807) is 4.90 Å². The fraction of sp³-hybridized carbons (Fsp3) is 0.556. The highest BCUT2D eigenvalue weighted by molar-refractivity contribution is 7.91. The van der Waals surface area contributed by atoms with Crippen LogP contribution in [0.15, 0.2) is 6.33 Å². The van der Waals surface area contributed by atoms with Crippen LogP contribution in [0.25, 0.3) is 0 Å². The smallest absolute Gasteiger partial charge is 0.153 e. The van der Waals surface area contributed by atoms with Gasteiger partial charge in [0.25, 0.3) is 0 Å². The van der Waals surface area contributed by atoms with Gasteiger partial charge in [0.15, 0.2) is 9.84 Å². The number of sulfone groups is 1. The van der Waals surface area contributed by atoms with Crippen molar-refractivity contribution in [3.05, 3.63) is 17.0 Å². The van der Waals surface area contributed by atoms with Gasteiger partial charge in [-0.1, -0.05) is 11.6 Å². The third kappa shape index (κ3) is 2.67. The Bertz CT molecular complexity index is 506. The van der Waals surface area contributed by atoms with Crippen molar-refractivity contribution in [1.82, 2.24) is 9.97 Å². The maximum absolute atomic E-state index is 11.3. The van der Waals surface area contributed by atoms with E-state index in [2.05, 4.69) is 9.97 Å². The van der Waals surface area contributed by atoms with Crippen LogP contribution in [-0.2, 0) is 16.4 Å². The first-order chi connectivity index (χ1) is 8.03. The fourth-order valence-electron chi connectivity index (χ4n) is 1.72. The van der Waals surface area contributed by atoms with E-state index in [1.807, 2.05) is 0 Å². The predicted octanol–water partition coefficient (Wildman–Crippen LogP) is -0.143. The molecule has 1 aliphatic heterocycles. The normalized spacial score (nSPS) is 19.3. The molecule has 2 heterocycles. The third-order valence-corrected chi connectivity index (χ3v) is 4.61. The molecule has 17 heavy (non-hydrogen) atoms. The van der Waals surface area contributed by atoms with E-state index < -0.39 is 9.84 Å². The molecule has 1 aromatic rings. The van der Waals surface area contributed by atoms with Gasteiger partial charge in [0, 0.05) is 13.1 Å². The zero-order valence-electron chi connectivity index (χ0n) is 9.00. The van der Waals surface area contributed by atoms with E-state index in [4.69, 9.17) is 11.6 Å². The molecule has 0 aliphatic carbocycles. The zero-order chi connectivity index (χ0) is 12.5. The highest BCUT2D eigenvalue weighted by Crippen LogP contribution is 2.24. The van der Waals surface area contributed by atoms with Crippen LogP contribution in [0.3, 0.4) is 0 Å². The summed E-state index contributed by atoms with van der Waals surface area (Å²) in [7, 11) is -2.93.